The van der Waals surface area contributed by atoms with Crippen molar-refractivity contribution in [3.8, 4) is 0 Å². The number of aliphatic hydroxyl groups excluding tert-OH is 1. The van der Waals surface area contributed by atoms with Gasteiger partial charge in [0.05, 0.1) is 17.8 Å². The Morgan fingerprint density at radius 3 is 2.36 bits per heavy atom. The zero-order valence-corrected chi connectivity index (χ0v) is 18.2. The van der Waals surface area contributed by atoms with Crippen LogP contribution in [0.25, 0.3) is 0 Å². The molecule has 3 heterocycles. The number of likely N-dealkylation sites (tertiary alicyclic amines) is 1. The lowest BCUT2D eigenvalue weighted by molar-refractivity contribution is 0.00578. The van der Waals surface area contributed by atoms with E-state index in [1.54, 1.807) is 0 Å². The molecule has 0 bridgehead atoms. The van der Waals surface area contributed by atoms with Crippen molar-refractivity contribution in [2.24, 2.45) is 5.92 Å². The van der Waals surface area contributed by atoms with Crippen LogP contribution >= 0.6 is 0 Å². The summed E-state index contributed by atoms with van der Waals surface area (Å²) in [6.45, 7) is 16.5. The van der Waals surface area contributed by atoms with E-state index in [2.05, 4.69) is 33.6 Å². The fourth-order valence-electron chi connectivity index (χ4n) is 3.79. The van der Waals surface area contributed by atoms with Gasteiger partial charge in [0.25, 0.3) is 0 Å². The van der Waals surface area contributed by atoms with Crippen molar-refractivity contribution in [3.05, 3.63) is 12.4 Å². The van der Waals surface area contributed by atoms with Crippen LogP contribution in [0.2, 0.25) is 0 Å². The maximum absolute atomic E-state index is 9.15. The highest BCUT2D eigenvalue weighted by atomic mass is 16.7. The average Bonchev–Trinajstić information content (AvgIpc) is 3.14. The van der Waals surface area contributed by atoms with Crippen molar-refractivity contribution in [3.63, 3.8) is 0 Å². The summed E-state index contributed by atoms with van der Waals surface area (Å²) in [5.41, 5.74) is 0.105. The molecular weight excluding hydrogens is 355 g/mol. The highest BCUT2D eigenvalue weighted by molar-refractivity contribution is 6.61. The Hall–Kier alpha value is -1.22. The van der Waals surface area contributed by atoms with E-state index in [9.17, 15) is 0 Å². The molecule has 0 saturated carbocycles. The van der Waals surface area contributed by atoms with Crippen LogP contribution in [0.5, 0.6) is 0 Å². The first-order chi connectivity index (χ1) is 13.1. The summed E-state index contributed by atoms with van der Waals surface area (Å²) < 4.78 is 12.2. The normalized spacial score (nSPS) is 24.3. The largest absolute Gasteiger partial charge is 0.498 e. The second-order valence-electron chi connectivity index (χ2n) is 9.33. The molecule has 8 heteroatoms. The van der Waals surface area contributed by atoms with E-state index < -0.39 is 7.12 Å². The summed E-state index contributed by atoms with van der Waals surface area (Å²) in [5.74, 6) is 1.32. The fraction of sp³-hybridized carbons (Fsp3) is 0.800. The predicted octanol–water partition coefficient (Wildman–Crippen LogP) is 1.30. The second-order valence-corrected chi connectivity index (χ2v) is 9.33. The van der Waals surface area contributed by atoms with Crippen LogP contribution in [0.15, 0.2) is 12.4 Å². The lowest BCUT2D eigenvalue weighted by Crippen LogP contribution is -2.41. The minimum absolute atomic E-state index is 0.226. The molecule has 1 aromatic rings. The number of aliphatic hydroxyl groups is 1. The van der Waals surface area contributed by atoms with Gasteiger partial charge in [-0.1, -0.05) is 0 Å². The number of aromatic nitrogens is 2. The average molecular weight is 390 g/mol. The quantitative estimate of drug-likeness (QED) is 0.704. The molecule has 7 nitrogen and oxygen atoms in total. The van der Waals surface area contributed by atoms with Crippen LogP contribution in [-0.4, -0.2) is 77.1 Å². The summed E-state index contributed by atoms with van der Waals surface area (Å²) in [6, 6.07) is 0.314. The summed E-state index contributed by atoms with van der Waals surface area (Å²) in [4.78, 5) is 13.9. The van der Waals surface area contributed by atoms with Gasteiger partial charge in [-0.3, -0.25) is 0 Å². The number of rotatable bonds is 7. The van der Waals surface area contributed by atoms with E-state index in [4.69, 9.17) is 14.4 Å². The Morgan fingerprint density at radius 1 is 1.21 bits per heavy atom. The van der Waals surface area contributed by atoms with Crippen molar-refractivity contribution < 1.29 is 14.4 Å². The molecule has 0 amide bonds. The third kappa shape index (κ3) is 4.51. The van der Waals surface area contributed by atoms with Gasteiger partial charge in [0.2, 0.25) is 5.95 Å². The SMILES string of the molecule is CC(C)N(C[C@@H]1CCN(CCO)C1)c1ncc(B2OC(C)(C)C(C)(C)O2)cn1. The van der Waals surface area contributed by atoms with Gasteiger partial charge >= 0.3 is 7.12 Å². The van der Waals surface area contributed by atoms with E-state index in [1.165, 1.54) is 0 Å². The molecule has 2 aliphatic rings. The smallest absolute Gasteiger partial charge is 0.399 e. The van der Waals surface area contributed by atoms with Crippen molar-refractivity contribution >= 4 is 18.5 Å². The molecule has 0 spiro atoms. The van der Waals surface area contributed by atoms with Gasteiger partial charge in [-0.05, 0) is 60.4 Å². The molecule has 0 aliphatic carbocycles. The maximum Gasteiger partial charge on any atom is 0.498 e. The molecule has 1 N–H and O–H groups in total. The molecule has 2 aliphatic heterocycles. The fourth-order valence-corrected chi connectivity index (χ4v) is 3.79. The van der Waals surface area contributed by atoms with Crippen LogP contribution in [0.4, 0.5) is 5.95 Å². The molecule has 0 radical (unpaired) electrons. The van der Waals surface area contributed by atoms with Crippen molar-refractivity contribution in [1.82, 2.24) is 14.9 Å². The molecule has 0 unspecified atom stereocenters. The van der Waals surface area contributed by atoms with Gasteiger partial charge in [0.1, 0.15) is 0 Å². The molecule has 2 saturated heterocycles. The molecular formula is C20H35BN4O3. The van der Waals surface area contributed by atoms with E-state index in [1.807, 2.05) is 40.1 Å². The predicted molar refractivity (Wildman–Crippen MR) is 112 cm³/mol. The number of hydrogen-bond donors (Lipinski definition) is 1. The summed E-state index contributed by atoms with van der Waals surface area (Å²) in [7, 11) is -0.437. The standard InChI is InChI=1S/C20H35BN4O3/c1-15(2)25(14-16-7-8-24(13-16)9-10-26)18-22-11-17(12-23-18)21-27-19(3,4)20(5,6)28-21/h11-12,15-16,26H,7-10,13-14H2,1-6H3/t16-/m1/s1. The van der Waals surface area contributed by atoms with Gasteiger partial charge in [-0.25, -0.2) is 9.97 Å². The summed E-state index contributed by atoms with van der Waals surface area (Å²) >= 11 is 0. The van der Waals surface area contributed by atoms with E-state index in [0.29, 0.717) is 12.0 Å². The first-order valence-corrected chi connectivity index (χ1v) is 10.4. The zero-order valence-electron chi connectivity index (χ0n) is 18.2. The molecule has 3 rings (SSSR count). The van der Waals surface area contributed by atoms with Gasteiger partial charge < -0.3 is 24.2 Å². The lowest BCUT2D eigenvalue weighted by atomic mass is 9.81. The highest BCUT2D eigenvalue weighted by Crippen LogP contribution is 2.36. The highest BCUT2D eigenvalue weighted by Gasteiger charge is 2.52. The number of nitrogens with zero attached hydrogens (tertiary/aromatic N) is 4. The Bertz CT molecular complexity index is 637. The summed E-state index contributed by atoms with van der Waals surface area (Å²) in [6.07, 6.45) is 4.80. The van der Waals surface area contributed by atoms with Crippen LogP contribution < -0.4 is 10.4 Å². The number of β-amino-alcohol motifs (C(OH)–C–C–N with tert-alkyl or cyclic N) is 1. The lowest BCUT2D eigenvalue weighted by Gasteiger charge is -2.32. The topological polar surface area (TPSA) is 71.0 Å². The minimum Gasteiger partial charge on any atom is -0.399 e. The van der Waals surface area contributed by atoms with Crippen LogP contribution in [0, 0.1) is 5.92 Å². The molecule has 1 atom stereocenters. The number of hydrogen-bond acceptors (Lipinski definition) is 7. The Balaban J connectivity index is 1.67. The van der Waals surface area contributed by atoms with Crippen LogP contribution in [-0.2, 0) is 9.31 Å². The molecule has 2 fully saturated rings. The second kappa shape index (κ2) is 8.26. The third-order valence-electron chi connectivity index (χ3n) is 6.30. The van der Waals surface area contributed by atoms with Gasteiger partial charge in [0.15, 0.2) is 0 Å². The van der Waals surface area contributed by atoms with Crippen molar-refractivity contribution in [1.29, 1.82) is 0 Å². The Kier molecular flexibility index (Phi) is 6.34. The van der Waals surface area contributed by atoms with E-state index in [-0.39, 0.29) is 17.8 Å². The molecule has 0 aromatic carbocycles. The third-order valence-corrected chi connectivity index (χ3v) is 6.30. The zero-order chi connectivity index (χ0) is 20.5. The maximum atomic E-state index is 9.15. The molecule has 28 heavy (non-hydrogen) atoms. The molecule has 1 aromatic heterocycles. The van der Waals surface area contributed by atoms with Gasteiger partial charge in [0, 0.05) is 43.5 Å². The van der Waals surface area contributed by atoms with Gasteiger partial charge in [-0.2, -0.15) is 0 Å². The van der Waals surface area contributed by atoms with Crippen LogP contribution in [0.3, 0.4) is 0 Å². The van der Waals surface area contributed by atoms with E-state index >= 15 is 0 Å². The summed E-state index contributed by atoms with van der Waals surface area (Å²) in [5, 5.41) is 9.15. The monoisotopic (exact) mass is 390 g/mol. The Labute approximate surface area is 169 Å². The number of anilines is 1. The van der Waals surface area contributed by atoms with E-state index in [0.717, 1.165) is 44.0 Å². The molecule has 156 valence electrons. The minimum atomic E-state index is -0.437. The first kappa shape index (κ1) is 21.5. The van der Waals surface area contributed by atoms with Crippen molar-refractivity contribution in [2.45, 2.75) is 65.2 Å². The first-order valence-electron chi connectivity index (χ1n) is 10.4. The van der Waals surface area contributed by atoms with Gasteiger partial charge in [-0.15, -0.1) is 0 Å². The van der Waals surface area contributed by atoms with Crippen molar-refractivity contribution in [2.75, 3.05) is 37.7 Å². The van der Waals surface area contributed by atoms with Crippen LogP contribution in [0.1, 0.15) is 48.0 Å². The Morgan fingerprint density at radius 2 is 1.82 bits per heavy atom.